The van der Waals surface area contributed by atoms with Gasteiger partial charge < -0.3 is 10.6 Å². The minimum Gasteiger partial charge on any atom is -0.334 e. The minimum absolute atomic E-state index is 0.00300. The Morgan fingerprint density at radius 2 is 2.00 bits per heavy atom. The van der Waals surface area contributed by atoms with Crippen LogP contribution in [0, 0.1) is 0 Å². The van der Waals surface area contributed by atoms with Crippen LogP contribution in [0.5, 0.6) is 0 Å². The van der Waals surface area contributed by atoms with Gasteiger partial charge in [0.05, 0.1) is 12.2 Å². The van der Waals surface area contributed by atoms with Crippen LogP contribution in [0.3, 0.4) is 0 Å². The van der Waals surface area contributed by atoms with E-state index in [1.165, 1.54) is 12.1 Å². The van der Waals surface area contributed by atoms with E-state index in [4.69, 9.17) is 0 Å². The summed E-state index contributed by atoms with van der Waals surface area (Å²) in [6.07, 6.45) is -4.43. The zero-order chi connectivity index (χ0) is 15.2. The molecule has 0 saturated carbocycles. The average molecular weight is 290 g/mol. The van der Waals surface area contributed by atoms with Crippen molar-refractivity contribution in [2.24, 2.45) is 0 Å². The molecular formula is C13H14F4N2O. The van der Waals surface area contributed by atoms with E-state index in [0.29, 0.717) is 5.56 Å². The summed E-state index contributed by atoms with van der Waals surface area (Å²) >= 11 is 0. The lowest BCUT2D eigenvalue weighted by molar-refractivity contribution is -0.137. The fourth-order valence-electron chi connectivity index (χ4n) is 1.42. The normalized spacial score (nSPS) is 11.0. The van der Waals surface area contributed by atoms with Gasteiger partial charge in [-0.15, -0.1) is 0 Å². The summed E-state index contributed by atoms with van der Waals surface area (Å²) in [5.74, 6) is 0. The molecule has 2 N–H and O–H groups in total. The summed E-state index contributed by atoms with van der Waals surface area (Å²) in [5, 5.41) is 4.66. The number of halogens is 4. The third kappa shape index (κ3) is 5.29. The predicted octanol–water partition coefficient (Wildman–Crippen LogP) is 3.38. The second-order valence-corrected chi connectivity index (χ2v) is 4.05. The van der Waals surface area contributed by atoms with Crippen LogP contribution in [-0.2, 0) is 12.7 Å². The Hall–Kier alpha value is -2.05. The number of benzene rings is 1. The highest BCUT2D eigenvalue weighted by Crippen LogP contribution is 2.29. The van der Waals surface area contributed by atoms with Crippen LogP contribution in [0.4, 0.5) is 22.4 Å². The molecule has 3 nitrogen and oxygen atoms in total. The van der Waals surface area contributed by atoms with Gasteiger partial charge in [0.15, 0.2) is 0 Å². The molecule has 0 aliphatic rings. The van der Waals surface area contributed by atoms with E-state index in [-0.39, 0.29) is 18.7 Å². The van der Waals surface area contributed by atoms with Crippen LogP contribution in [-0.4, -0.2) is 12.7 Å². The molecule has 7 heteroatoms. The van der Waals surface area contributed by atoms with E-state index in [9.17, 15) is 22.4 Å². The van der Waals surface area contributed by atoms with Gasteiger partial charge in [0.2, 0.25) is 0 Å². The standard InChI is InChI=1S/C13H14F4N2O/c1-9(5-6-14)19-12(20)18-8-10-3-2-4-11(7-10)13(15,16)17/h2-4,7H,1,5-6,8H2,(H2,18,19,20). The van der Waals surface area contributed by atoms with Gasteiger partial charge >= 0.3 is 12.2 Å². The molecule has 0 aliphatic heterocycles. The predicted molar refractivity (Wildman–Crippen MR) is 66.5 cm³/mol. The topological polar surface area (TPSA) is 41.1 Å². The monoisotopic (exact) mass is 290 g/mol. The number of carbonyl (C=O) groups is 1. The lowest BCUT2D eigenvalue weighted by atomic mass is 10.1. The Bertz CT molecular complexity index is 486. The van der Waals surface area contributed by atoms with Crippen LogP contribution in [0.2, 0.25) is 0 Å². The van der Waals surface area contributed by atoms with E-state index in [0.717, 1.165) is 12.1 Å². The van der Waals surface area contributed by atoms with Crippen molar-refractivity contribution in [3.8, 4) is 0 Å². The number of hydrogen-bond acceptors (Lipinski definition) is 1. The lowest BCUT2D eigenvalue weighted by Crippen LogP contribution is -2.34. The fourth-order valence-corrected chi connectivity index (χ4v) is 1.42. The molecule has 0 fully saturated rings. The van der Waals surface area contributed by atoms with Gasteiger partial charge in [-0.05, 0) is 17.7 Å². The largest absolute Gasteiger partial charge is 0.416 e. The van der Waals surface area contributed by atoms with Crippen molar-refractivity contribution in [1.29, 1.82) is 0 Å². The molecule has 0 saturated heterocycles. The van der Waals surface area contributed by atoms with Gasteiger partial charge in [-0.1, -0.05) is 18.7 Å². The molecule has 20 heavy (non-hydrogen) atoms. The highest BCUT2D eigenvalue weighted by atomic mass is 19.4. The maximum absolute atomic E-state index is 12.5. The lowest BCUT2D eigenvalue weighted by Gasteiger charge is -2.11. The average Bonchev–Trinajstić information content (AvgIpc) is 2.36. The quantitative estimate of drug-likeness (QED) is 0.802. The van der Waals surface area contributed by atoms with Crippen molar-refractivity contribution in [2.45, 2.75) is 19.1 Å². The number of amides is 2. The van der Waals surface area contributed by atoms with Gasteiger partial charge in [-0.2, -0.15) is 13.2 Å². The Labute approximate surface area is 113 Å². The van der Waals surface area contributed by atoms with Crippen molar-refractivity contribution < 1.29 is 22.4 Å². The number of carbonyl (C=O) groups excluding carboxylic acids is 1. The highest BCUT2D eigenvalue weighted by molar-refractivity contribution is 5.75. The maximum Gasteiger partial charge on any atom is 0.416 e. The molecule has 110 valence electrons. The van der Waals surface area contributed by atoms with E-state index in [1.54, 1.807) is 0 Å². The molecule has 1 rings (SSSR count). The summed E-state index contributed by atoms with van der Waals surface area (Å²) in [7, 11) is 0. The Morgan fingerprint density at radius 1 is 1.30 bits per heavy atom. The molecule has 0 spiro atoms. The van der Waals surface area contributed by atoms with E-state index in [1.807, 2.05) is 0 Å². The zero-order valence-corrected chi connectivity index (χ0v) is 10.6. The number of alkyl halides is 4. The summed E-state index contributed by atoms with van der Waals surface area (Å²) in [6.45, 7) is 2.71. The highest BCUT2D eigenvalue weighted by Gasteiger charge is 2.30. The van der Waals surface area contributed by atoms with Crippen molar-refractivity contribution in [3.05, 3.63) is 47.7 Å². The van der Waals surface area contributed by atoms with Crippen molar-refractivity contribution >= 4 is 6.03 Å². The van der Waals surface area contributed by atoms with E-state index >= 15 is 0 Å². The summed E-state index contributed by atoms with van der Waals surface area (Å²) in [4.78, 5) is 11.4. The molecule has 1 aromatic carbocycles. The first kappa shape index (κ1) is 16.0. The zero-order valence-electron chi connectivity index (χ0n) is 10.6. The first-order valence-corrected chi connectivity index (χ1v) is 5.77. The third-order valence-corrected chi connectivity index (χ3v) is 2.39. The molecule has 2 amide bonds. The Balaban J connectivity index is 2.54. The number of rotatable bonds is 5. The molecule has 0 atom stereocenters. The van der Waals surface area contributed by atoms with Gasteiger partial charge in [-0.25, -0.2) is 4.79 Å². The number of hydrogen-bond donors (Lipinski definition) is 2. The van der Waals surface area contributed by atoms with Crippen LogP contribution >= 0.6 is 0 Å². The smallest absolute Gasteiger partial charge is 0.334 e. The summed E-state index contributed by atoms with van der Waals surface area (Å²) in [5.41, 5.74) is -0.265. The Morgan fingerprint density at radius 3 is 2.60 bits per heavy atom. The summed E-state index contributed by atoms with van der Waals surface area (Å²) in [6, 6.07) is 4.00. The molecule has 0 bridgehead atoms. The van der Waals surface area contributed by atoms with Crippen LogP contribution in [0.25, 0.3) is 0 Å². The van der Waals surface area contributed by atoms with Crippen LogP contribution in [0.1, 0.15) is 17.5 Å². The van der Waals surface area contributed by atoms with Gasteiger partial charge in [0, 0.05) is 18.7 Å². The fraction of sp³-hybridized carbons (Fsp3) is 0.308. The number of nitrogens with one attached hydrogen (secondary N) is 2. The Kier molecular flexibility index (Phi) is 5.54. The SMILES string of the molecule is C=C(CCF)NC(=O)NCc1cccc(C(F)(F)F)c1. The van der Waals surface area contributed by atoms with Crippen molar-refractivity contribution in [2.75, 3.05) is 6.67 Å². The first-order valence-electron chi connectivity index (χ1n) is 5.77. The maximum atomic E-state index is 12.5. The van der Waals surface area contributed by atoms with Crippen LogP contribution < -0.4 is 10.6 Å². The molecule has 0 radical (unpaired) electrons. The van der Waals surface area contributed by atoms with Gasteiger partial charge in [0.25, 0.3) is 0 Å². The van der Waals surface area contributed by atoms with Crippen LogP contribution in [0.15, 0.2) is 36.5 Å². The second-order valence-electron chi connectivity index (χ2n) is 4.05. The molecule has 0 aliphatic carbocycles. The van der Waals surface area contributed by atoms with Crippen molar-refractivity contribution in [3.63, 3.8) is 0 Å². The van der Waals surface area contributed by atoms with Gasteiger partial charge in [-0.3, -0.25) is 4.39 Å². The molecule has 1 aromatic rings. The van der Waals surface area contributed by atoms with Gasteiger partial charge in [0.1, 0.15) is 0 Å². The molecular weight excluding hydrogens is 276 g/mol. The number of urea groups is 1. The van der Waals surface area contributed by atoms with E-state index in [2.05, 4.69) is 17.2 Å². The minimum atomic E-state index is -4.42. The second kappa shape index (κ2) is 6.93. The van der Waals surface area contributed by atoms with E-state index < -0.39 is 24.4 Å². The molecule has 0 unspecified atom stereocenters. The first-order chi connectivity index (χ1) is 9.32. The molecule has 0 heterocycles. The van der Waals surface area contributed by atoms with Crippen molar-refractivity contribution in [1.82, 2.24) is 10.6 Å². The molecule has 0 aromatic heterocycles. The number of allylic oxidation sites excluding steroid dienone is 1. The summed E-state index contributed by atoms with van der Waals surface area (Å²) < 4.78 is 49.4. The third-order valence-electron chi connectivity index (χ3n) is 2.39.